The van der Waals surface area contributed by atoms with Gasteiger partial charge in [-0.3, -0.25) is 0 Å². The highest BCUT2D eigenvalue weighted by atomic mass is 32.2. The van der Waals surface area contributed by atoms with Gasteiger partial charge in [0.2, 0.25) is 0 Å². The Morgan fingerprint density at radius 3 is 2.71 bits per heavy atom. The molecule has 14 heavy (non-hydrogen) atoms. The van der Waals surface area contributed by atoms with E-state index in [1.165, 1.54) is 0 Å². The molecule has 0 aliphatic carbocycles. The molecule has 1 N–H and O–H groups in total. The topological polar surface area (TPSA) is 15.3 Å². The van der Waals surface area contributed by atoms with Crippen LogP contribution in [-0.4, -0.2) is 28.1 Å². The summed E-state index contributed by atoms with van der Waals surface area (Å²) in [4.78, 5) is 2.25. The van der Waals surface area contributed by atoms with Crippen molar-refractivity contribution in [1.82, 2.24) is 10.2 Å². The van der Waals surface area contributed by atoms with Gasteiger partial charge < -0.3 is 10.2 Å². The maximum atomic E-state index is 3.83. The van der Waals surface area contributed by atoms with Gasteiger partial charge in [-0.1, -0.05) is 19.2 Å². The van der Waals surface area contributed by atoms with E-state index in [9.17, 15) is 0 Å². The standard InChI is InChI=1S/C11H18N2S/c1-5-10-8-13(7-3)11(14-10)9(4)12-6-2/h5-7,9-12H,1-3,8H2,4H3/t9-,10+,11?/m1/s1. The van der Waals surface area contributed by atoms with Crippen LogP contribution in [0.15, 0.2) is 38.2 Å². The van der Waals surface area contributed by atoms with Crippen molar-refractivity contribution in [3.8, 4) is 0 Å². The highest BCUT2D eigenvalue weighted by molar-refractivity contribution is 8.00. The summed E-state index contributed by atoms with van der Waals surface area (Å²) in [6.45, 7) is 14.5. The van der Waals surface area contributed by atoms with Crippen LogP contribution < -0.4 is 5.32 Å². The molecule has 1 rings (SSSR count). The molecule has 78 valence electrons. The highest BCUT2D eigenvalue weighted by Crippen LogP contribution is 2.33. The minimum Gasteiger partial charge on any atom is -0.386 e. The summed E-state index contributed by atoms with van der Waals surface area (Å²) >= 11 is 1.92. The van der Waals surface area contributed by atoms with Gasteiger partial charge in [-0.25, -0.2) is 0 Å². The van der Waals surface area contributed by atoms with E-state index in [0.717, 1.165) is 6.54 Å². The molecule has 2 nitrogen and oxygen atoms in total. The van der Waals surface area contributed by atoms with Crippen molar-refractivity contribution < 1.29 is 0 Å². The molecular weight excluding hydrogens is 192 g/mol. The lowest BCUT2D eigenvalue weighted by Crippen LogP contribution is -2.39. The van der Waals surface area contributed by atoms with Crippen LogP contribution in [0.4, 0.5) is 0 Å². The summed E-state index contributed by atoms with van der Waals surface area (Å²) < 4.78 is 0. The zero-order chi connectivity index (χ0) is 10.6. The van der Waals surface area contributed by atoms with E-state index in [-0.39, 0.29) is 0 Å². The molecule has 3 heteroatoms. The molecule has 0 aromatic carbocycles. The number of hydrogen-bond acceptors (Lipinski definition) is 3. The average Bonchev–Trinajstić information content (AvgIpc) is 2.61. The Morgan fingerprint density at radius 1 is 1.50 bits per heavy atom. The van der Waals surface area contributed by atoms with Gasteiger partial charge in [0.05, 0.1) is 11.4 Å². The third-order valence-corrected chi connectivity index (χ3v) is 3.99. The molecule has 0 aromatic heterocycles. The Hall–Kier alpha value is -0.830. The second-order valence-electron chi connectivity index (χ2n) is 3.34. The Bertz CT molecular complexity index is 227. The van der Waals surface area contributed by atoms with Crippen molar-refractivity contribution in [3.05, 3.63) is 38.2 Å². The Kier molecular flexibility index (Phi) is 4.14. The van der Waals surface area contributed by atoms with E-state index >= 15 is 0 Å². The van der Waals surface area contributed by atoms with Gasteiger partial charge >= 0.3 is 0 Å². The maximum absolute atomic E-state index is 3.83. The fourth-order valence-electron chi connectivity index (χ4n) is 1.59. The molecule has 1 fully saturated rings. The fraction of sp³-hybridized carbons (Fsp3) is 0.455. The maximum Gasteiger partial charge on any atom is 0.0950 e. The summed E-state index contributed by atoms with van der Waals surface area (Å²) in [7, 11) is 0. The van der Waals surface area contributed by atoms with Crippen molar-refractivity contribution >= 4 is 11.8 Å². The van der Waals surface area contributed by atoms with Crippen LogP contribution in [0, 0.1) is 0 Å². The molecule has 0 saturated carbocycles. The van der Waals surface area contributed by atoms with E-state index in [1.54, 1.807) is 6.20 Å². The second-order valence-corrected chi connectivity index (χ2v) is 4.70. The first-order chi connectivity index (χ1) is 6.72. The molecule has 1 saturated heterocycles. The van der Waals surface area contributed by atoms with Crippen molar-refractivity contribution in [2.45, 2.75) is 23.6 Å². The predicted molar refractivity (Wildman–Crippen MR) is 65.1 cm³/mol. The number of nitrogens with one attached hydrogen (secondary N) is 1. The van der Waals surface area contributed by atoms with Gasteiger partial charge in [-0.2, -0.15) is 0 Å². The lowest BCUT2D eigenvalue weighted by molar-refractivity contribution is 0.341. The summed E-state index contributed by atoms with van der Waals surface area (Å²) in [5, 5.41) is 4.15. The van der Waals surface area contributed by atoms with Gasteiger partial charge in [-0.05, 0) is 19.3 Å². The van der Waals surface area contributed by atoms with Gasteiger partial charge in [0, 0.05) is 11.8 Å². The number of nitrogens with zero attached hydrogens (tertiary/aromatic N) is 1. The van der Waals surface area contributed by atoms with Crippen LogP contribution in [-0.2, 0) is 0 Å². The summed E-state index contributed by atoms with van der Waals surface area (Å²) in [5.41, 5.74) is 0. The van der Waals surface area contributed by atoms with E-state index in [1.807, 2.05) is 24.0 Å². The van der Waals surface area contributed by atoms with Crippen molar-refractivity contribution in [1.29, 1.82) is 0 Å². The molecule has 3 atom stereocenters. The fourth-order valence-corrected chi connectivity index (χ4v) is 2.96. The van der Waals surface area contributed by atoms with E-state index in [0.29, 0.717) is 16.7 Å². The minimum absolute atomic E-state index is 0.375. The van der Waals surface area contributed by atoms with Gasteiger partial charge in [0.15, 0.2) is 0 Å². The van der Waals surface area contributed by atoms with E-state index < -0.39 is 0 Å². The molecule has 1 aliphatic rings. The smallest absolute Gasteiger partial charge is 0.0950 e. The number of hydrogen-bond donors (Lipinski definition) is 1. The van der Waals surface area contributed by atoms with Gasteiger partial charge in [0.1, 0.15) is 0 Å². The minimum atomic E-state index is 0.375. The van der Waals surface area contributed by atoms with Crippen LogP contribution in [0.1, 0.15) is 6.92 Å². The lowest BCUT2D eigenvalue weighted by Gasteiger charge is -2.27. The van der Waals surface area contributed by atoms with Crippen LogP contribution in [0.2, 0.25) is 0 Å². The lowest BCUT2D eigenvalue weighted by atomic mass is 10.3. The zero-order valence-electron chi connectivity index (χ0n) is 8.65. The summed E-state index contributed by atoms with van der Waals surface area (Å²) in [5.74, 6) is 0. The normalized spacial score (nSPS) is 28.2. The van der Waals surface area contributed by atoms with Crippen molar-refractivity contribution in [2.24, 2.45) is 0 Å². The second kappa shape index (κ2) is 5.15. The zero-order valence-corrected chi connectivity index (χ0v) is 9.46. The first-order valence-corrected chi connectivity index (χ1v) is 5.70. The van der Waals surface area contributed by atoms with E-state index in [2.05, 4.69) is 36.9 Å². The van der Waals surface area contributed by atoms with E-state index in [4.69, 9.17) is 0 Å². The molecule has 1 heterocycles. The summed E-state index contributed by atoms with van der Waals surface area (Å²) in [6, 6.07) is 0.375. The van der Waals surface area contributed by atoms with Crippen molar-refractivity contribution in [3.63, 3.8) is 0 Å². The summed E-state index contributed by atoms with van der Waals surface area (Å²) in [6.07, 6.45) is 5.65. The monoisotopic (exact) mass is 210 g/mol. The molecule has 0 spiro atoms. The van der Waals surface area contributed by atoms with Crippen LogP contribution in [0.25, 0.3) is 0 Å². The first kappa shape index (κ1) is 11.2. The molecule has 1 aliphatic heterocycles. The Balaban J connectivity index is 2.61. The SMILES string of the molecule is C=CN[C@H](C)C1S[C@@H](C=C)CN1C=C. The molecular formula is C11H18N2S. The third-order valence-electron chi connectivity index (χ3n) is 2.34. The quantitative estimate of drug-likeness (QED) is 0.700. The van der Waals surface area contributed by atoms with Crippen LogP contribution in [0.5, 0.6) is 0 Å². The average molecular weight is 210 g/mol. The largest absolute Gasteiger partial charge is 0.386 e. The molecule has 0 bridgehead atoms. The number of rotatable bonds is 5. The Morgan fingerprint density at radius 2 is 2.21 bits per heavy atom. The first-order valence-electron chi connectivity index (χ1n) is 4.76. The van der Waals surface area contributed by atoms with Crippen LogP contribution >= 0.6 is 11.8 Å². The van der Waals surface area contributed by atoms with Gasteiger partial charge in [0.25, 0.3) is 0 Å². The number of thioether (sulfide) groups is 1. The third kappa shape index (κ3) is 2.35. The molecule has 0 radical (unpaired) electrons. The van der Waals surface area contributed by atoms with Gasteiger partial charge in [-0.15, -0.1) is 18.3 Å². The predicted octanol–water partition coefficient (Wildman–Crippen LogP) is 2.18. The van der Waals surface area contributed by atoms with Crippen LogP contribution in [0.3, 0.4) is 0 Å². The Labute approximate surface area is 90.7 Å². The molecule has 0 aromatic rings. The van der Waals surface area contributed by atoms with Crippen molar-refractivity contribution in [2.75, 3.05) is 6.54 Å². The molecule has 0 amide bonds. The highest BCUT2D eigenvalue weighted by Gasteiger charge is 2.32. The molecule has 1 unspecified atom stereocenters.